The Balaban J connectivity index is 2.71. The van der Waals surface area contributed by atoms with Crippen molar-refractivity contribution in [3.63, 3.8) is 0 Å². The number of nitrogens with zero attached hydrogens (tertiary/aromatic N) is 1. The molecule has 1 aromatic carbocycles. The Morgan fingerprint density at radius 2 is 1.88 bits per heavy atom. The Labute approximate surface area is 143 Å². The molecular weight excluding hydrogens is 308 g/mol. The van der Waals surface area contributed by atoms with E-state index in [1.165, 1.54) is 6.92 Å². The van der Waals surface area contributed by atoms with E-state index >= 15 is 0 Å². The molecule has 0 fully saturated rings. The van der Waals surface area contributed by atoms with E-state index in [4.69, 9.17) is 4.74 Å². The van der Waals surface area contributed by atoms with Gasteiger partial charge in [-0.15, -0.1) is 0 Å². The van der Waals surface area contributed by atoms with Crippen LogP contribution in [0.2, 0.25) is 0 Å². The Morgan fingerprint density at radius 1 is 1.17 bits per heavy atom. The number of amides is 2. The molecule has 6 heteroatoms. The molecule has 0 aliphatic heterocycles. The van der Waals surface area contributed by atoms with Crippen molar-refractivity contribution in [2.45, 2.75) is 33.6 Å². The summed E-state index contributed by atoms with van der Waals surface area (Å²) in [5, 5.41) is 2.71. The van der Waals surface area contributed by atoms with Crippen molar-refractivity contribution in [3.8, 4) is 0 Å². The van der Waals surface area contributed by atoms with Gasteiger partial charge in [0.05, 0.1) is 13.0 Å². The van der Waals surface area contributed by atoms with Crippen molar-refractivity contribution in [1.82, 2.24) is 10.2 Å². The summed E-state index contributed by atoms with van der Waals surface area (Å²) in [6.07, 6.45) is 0.783. The summed E-state index contributed by atoms with van der Waals surface area (Å²) >= 11 is 0. The topological polar surface area (TPSA) is 75.7 Å². The normalized spacial score (nSPS) is 10.1. The van der Waals surface area contributed by atoms with Gasteiger partial charge >= 0.3 is 5.97 Å². The minimum absolute atomic E-state index is 0.0988. The summed E-state index contributed by atoms with van der Waals surface area (Å²) < 4.78 is 4.92. The number of rotatable bonds is 9. The lowest BCUT2D eigenvalue weighted by Crippen LogP contribution is -2.36. The van der Waals surface area contributed by atoms with Crippen LogP contribution in [0.15, 0.2) is 24.3 Å². The summed E-state index contributed by atoms with van der Waals surface area (Å²) in [5.74, 6) is -0.527. The molecule has 1 aromatic rings. The minimum atomic E-state index is -0.318. The zero-order chi connectivity index (χ0) is 17.9. The first-order chi connectivity index (χ1) is 11.5. The third kappa shape index (κ3) is 6.81. The van der Waals surface area contributed by atoms with Crippen molar-refractivity contribution in [2.75, 3.05) is 26.2 Å². The average molecular weight is 334 g/mol. The second kappa shape index (κ2) is 10.4. The number of aryl methyl sites for hydroxylation is 1. The van der Waals surface area contributed by atoms with Crippen LogP contribution in [0.5, 0.6) is 0 Å². The average Bonchev–Trinajstić information content (AvgIpc) is 2.54. The van der Waals surface area contributed by atoms with Crippen LogP contribution in [0.25, 0.3) is 0 Å². The highest BCUT2D eigenvalue weighted by molar-refractivity contribution is 5.95. The van der Waals surface area contributed by atoms with Crippen molar-refractivity contribution in [2.24, 2.45) is 0 Å². The van der Waals surface area contributed by atoms with Gasteiger partial charge in [0.15, 0.2) is 0 Å². The van der Waals surface area contributed by atoms with Crippen LogP contribution in [0.3, 0.4) is 0 Å². The summed E-state index contributed by atoms with van der Waals surface area (Å²) in [4.78, 5) is 36.9. The number of carbonyl (C=O) groups is 3. The van der Waals surface area contributed by atoms with Gasteiger partial charge < -0.3 is 15.0 Å². The van der Waals surface area contributed by atoms with Gasteiger partial charge in [-0.2, -0.15) is 0 Å². The van der Waals surface area contributed by atoms with Crippen molar-refractivity contribution in [3.05, 3.63) is 35.4 Å². The first kappa shape index (κ1) is 19.7. The fraction of sp³-hybridized carbons (Fsp3) is 0.500. The minimum Gasteiger partial charge on any atom is -0.466 e. The quantitative estimate of drug-likeness (QED) is 0.553. The molecule has 0 aliphatic rings. The van der Waals surface area contributed by atoms with Gasteiger partial charge in [-0.25, -0.2) is 0 Å². The van der Waals surface area contributed by atoms with Gasteiger partial charge in [-0.05, 0) is 31.9 Å². The van der Waals surface area contributed by atoms with Crippen LogP contribution < -0.4 is 5.32 Å². The second-order valence-corrected chi connectivity index (χ2v) is 5.50. The molecule has 1 N–H and O–H groups in total. The smallest absolute Gasteiger partial charge is 0.307 e. The first-order valence-electron chi connectivity index (χ1n) is 8.20. The predicted molar refractivity (Wildman–Crippen MR) is 91.6 cm³/mol. The molecule has 0 unspecified atom stereocenters. The summed E-state index contributed by atoms with van der Waals surface area (Å²) in [7, 11) is 0. The van der Waals surface area contributed by atoms with Gasteiger partial charge in [0.2, 0.25) is 5.91 Å². The van der Waals surface area contributed by atoms with Crippen LogP contribution >= 0.6 is 0 Å². The van der Waals surface area contributed by atoms with E-state index in [1.807, 2.05) is 25.1 Å². The number of hydrogen-bond donors (Lipinski definition) is 1. The number of esters is 1. The van der Waals surface area contributed by atoms with Gasteiger partial charge in [0.25, 0.3) is 5.91 Å². The van der Waals surface area contributed by atoms with E-state index in [-0.39, 0.29) is 24.2 Å². The molecule has 6 nitrogen and oxygen atoms in total. The molecule has 132 valence electrons. The number of nitrogens with one attached hydrogen (secondary N) is 1. The third-order valence-electron chi connectivity index (χ3n) is 3.53. The Kier molecular flexibility index (Phi) is 8.54. The lowest BCUT2D eigenvalue weighted by Gasteiger charge is -2.23. The van der Waals surface area contributed by atoms with Crippen LogP contribution in [-0.2, 0) is 14.3 Å². The van der Waals surface area contributed by atoms with Gasteiger partial charge in [-0.1, -0.05) is 18.2 Å². The zero-order valence-electron chi connectivity index (χ0n) is 14.6. The van der Waals surface area contributed by atoms with Crippen molar-refractivity contribution < 1.29 is 19.1 Å². The van der Waals surface area contributed by atoms with E-state index in [1.54, 1.807) is 17.9 Å². The Morgan fingerprint density at radius 3 is 2.50 bits per heavy atom. The number of carbonyl (C=O) groups excluding carboxylic acids is 3. The molecule has 0 aromatic heterocycles. The molecule has 1 rings (SSSR count). The fourth-order valence-electron chi connectivity index (χ4n) is 2.29. The molecular formula is C18H26N2O4. The van der Waals surface area contributed by atoms with E-state index in [9.17, 15) is 14.4 Å². The molecule has 0 radical (unpaired) electrons. The molecule has 0 atom stereocenters. The van der Waals surface area contributed by atoms with Gasteiger partial charge in [-0.3, -0.25) is 14.4 Å². The molecule has 24 heavy (non-hydrogen) atoms. The predicted octanol–water partition coefficient (Wildman–Crippen LogP) is 1.92. The van der Waals surface area contributed by atoms with E-state index in [0.717, 1.165) is 5.56 Å². The van der Waals surface area contributed by atoms with Crippen LogP contribution in [-0.4, -0.2) is 48.9 Å². The first-order valence-corrected chi connectivity index (χ1v) is 8.20. The molecule has 2 amide bonds. The number of benzene rings is 1. The SMILES string of the molecule is CCOC(=O)CCN(CCCNC(C)=O)C(=O)c1ccccc1C. The zero-order valence-corrected chi connectivity index (χ0v) is 14.6. The fourth-order valence-corrected chi connectivity index (χ4v) is 2.29. The second-order valence-electron chi connectivity index (χ2n) is 5.50. The van der Waals surface area contributed by atoms with Gasteiger partial charge in [0.1, 0.15) is 0 Å². The van der Waals surface area contributed by atoms with Crippen LogP contribution in [0.1, 0.15) is 42.6 Å². The Hall–Kier alpha value is -2.37. The number of hydrogen-bond acceptors (Lipinski definition) is 4. The summed E-state index contributed by atoms with van der Waals surface area (Å²) in [5.41, 5.74) is 1.52. The van der Waals surface area contributed by atoms with E-state index in [0.29, 0.717) is 38.2 Å². The highest BCUT2D eigenvalue weighted by atomic mass is 16.5. The maximum absolute atomic E-state index is 12.8. The highest BCUT2D eigenvalue weighted by Crippen LogP contribution is 2.11. The maximum Gasteiger partial charge on any atom is 0.307 e. The van der Waals surface area contributed by atoms with E-state index < -0.39 is 0 Å². The lowest BCUT2D eigenvalue weighted by atomic mass is 10.1. The maximum atomic E-state index is 12.8. The summed E-state index contributed by atoms with van der Waals surface area (Å²) in [6.45, 7) is 6.67. The summed E-state index contributed by atoms with van der Waals surface area (Å²) in [6, 6.07) is 7.36. The van der Waals surface area contributed by atoms with E-state index in [2.05, 4.69) is 5.32 Å². The third-order valence-corrected chi connectivity index (χ3v) is 3.53. The molecule has 0 saturated carbocycles. The molecule has 0 bridgehead atoms. The number of ether oxygens (including phenoxy) is 1. The lowest BCUT2D eigenvalue weighted by molar-refractivity contribution is -0.143. The largest absolute Gasteiger partial charge is 0.466 e. The Bertz CT molecular complexity index is 572. The molecule has 0 saturated heterocycles. The van der Waals surface area contributed by atoms with Crippen molar-refractivity contribution in [1.29, 1.82) is 0 Å². The monoisotopic (exact) mass is 334 g/mol. The highest BCUT2D eigenvalue weighted by Gasteiger charge is 2.18. The molecule has 0 heterocycles. The molecule has 0 spiro atoms. The molecule has 0 aliphatic carbocycles. The standard InChI is InChI=1S/C18H26N2O4/c1-4-24-17(22)10-13-20(12-7-11-19-15(3)21)18(23)16-9-6-5-8-14(16)2/h5-6,8-9H,4,7,10-13H2,1-3H3,(H,19,21). The van der Waals surface area contributed by atoms with Crippen molar-refractivity contribution >= 4 is 17.8 Å². The van der Waals surface area contributed by atoms with Gasteiger partial charge in [0, 0.05) is 32.1 Å². The van der Waals surface area contributed by atoms with Crippen LogP contribution in [0, 0.1) is 6.92 Å². The van der Waals surface area contributed by atoms with Crippen LogP contribution in [0.4, 0.5) is 0 Å².